The minimum absolute atomic E-state index is 0. The molecule has 1 heterocycles. The Morgan fingerprint density at radius 3 is 2.65 bits per heavy atom. The van der Waals surface area contributed by atoms with E-state index in [-0.39, 0.29) is 24.8 Å². The molecule has 5 rings (SSSR count). The second-order valence-electron chi connectivity index (χ2n) is 6.83. The van der Waals surface area contributed by atoms with Crippen molar-refractivity contribution in [3.05, 3.63) is 80.7 Å². The van der Waals surface area contributed by atoms with Crippen LogP contribution in [0.25, 0.3) is 22.2 Å². The van der Waals surface area contributed by atoms with E-state index in [2.05, 4.69) is 79.2 Å². The van der Waals surface area contributed by atoms with E-state index in [0.29, 0.717) is 3.63 Å². The van der Waals surface area contributed by atoms with Crippen LogP contribution in [0.15, 0.2) is 64.0 Å². The molecular formula is C22H19Cl2NZr. The Morgan fingerprint density at radius 2 is 1.88 bits per heavy atom. The van der Waals surface area contributed by atoms with Gasteiger partial charge in [-0.3, -0.25) is 0 Å². The van der Waals surface area contributed by atoms with Crippen molar-refractivity contribution in [3.63, 3.8) is 0 Å². The maximum atomic E-state index is 2.42. The Kier molecular flexibility index (Phi) is 5.68. The van der Waals surface area contributed by atoms with Crippen molar-refractivity contribution in [1.29, 1.82) is 0 Å². The number of allylic oxidation sites excluding steroid dienone is 4. The van der Waals surface area contributed by atoms with Crippen molar-refractivity contribution in [2.45, 2.75) is 17.0 Å². The van der Waals surface area contributed by atoms with Crippen molar-refractivity contribution in [1.82, 2.24) is 4.57 Å². The molecule has 3 aromatic rings. The Balaban J connectivity index is 0.000000980. The largest absolute Gasteiger partial charge is 1.00 e. The zero-order chi connectivity index (χ0) is 16.3. The summed E-state index contributed by atoms with van der Waals surface area (Å²) in [5.41, 5.74) is 8.84. The molecule has 0 N–H and O–H groups in total. The van der Waals surface area contributed by atoms with Crippen molar-refractivity contribution in [2.75, 3.05) is 0 Å². The van der Waals surface area contributed by atoms with Gasteiger partial charge in [0.05, 0.1) is 0 Å². The van der Waals surface area contributed by atoms with Crippen molar-refractivity contribution in [2.24, 2.45) is 7.05 Å². The average molecular weight is 460 g/mol. The third-order valence-electron chi connectivity index (χ3n) is 5.31. The first kappa shape index (κ1) is 19.7. The summed E-state index contributed by atoms with van der Waals surface area (Å²) in [4.78, 5) is 0. The van der Waals surface area contributed by atoms with Crippen LogP contribution in [0.3, 0.4) is 0 Å². The first-order valence-corrected chi connectivity index (χ1v) is 11.2. The van der Waals surface area contributed by atoms with Crippen molar-refractivity contribution in [3.8, 4) is 11.3 Å². The Morgan fingerprint density at radius 1 is 1.08 bits per heavy atom. The van der Waals surface area contributed by atoms with E-state index in [0.717, 1.165) is 0 Å². The van der Waals surface area contributed by atoms with Gasteiger partial charge in [0.2, 0.25) is 0 Å². The molecule has 0 aliphatic heterocycles. The molecule has 0 fully saturated rings. The predicted molar refractivity (Wildman–Crippen MR) is 96.8 cm³/mol. The molecule has 0 bridgehead atoms. The van der Waals surface area contributed by atoms with E-state index >= 15 is 0 Å². The summed E-state index contributed by atoms with van der Waals surface area (Å²) < 4.78 is 4.79. The first-order chi connectivity index (χ1) is 11.7. The van der Waals surface area contributed by atoms with Gasteiger partial charge in [0.1, 0.15) is 0 Å². The molecule has 0 amide bonds. The summed E-state index contributed by atoms with van der Waals surface area (Å²) in [6, 6.07) is 16.0. The summed E-state index contributed by atoms with van der Waals surface area (Å²) in [5.74, 6) is 0. The van der Waals surface area contributed by atoms with Gasteiger partial charge in [-0.1, -0.05) is 0 Å². The number of fused-ring (bicyclic) bond motifs is 5. The molecule has 0 spiro atoms. The number of hydrogen-bond donors (Lipinski definition) is 0. The summed E-state index contributed by atoms with van der Waals surface area (Å²) in [5, 5.41) is 1.47. The van der Waals surface area contributed by atoms with Gasteiger partial charge in [-0.2, -0.15) is 0 Å². The van der Waals surface area contributed by atoms with E-state index in [1.54, 1.807) is 14.4 Å². The Bertz CT molecular complexity index is 1050. The number of halogens is 2. The number of benzene rings is 2. The molecule has 2 aliphatic carbocycles. The fourth-order valence-electron chi connectivity index (χ4n) is 4.21. The third kappa shape index (κ3) is 2.87. The van der Waals surface area contributed by atoms with Crippen LogP contribution in [0.1, 0.15) is 26.7 Å². The minimum atomic E-state index is -0.687. The third-order valence-corrected chi connectivity index (χ3v) is 9.32. The molecule has 130 valence electrons. The quantitative estimate of drug-likeness (QED) is 0.487. The SMILES string of the molecule is Cc1ccc2c(c1)c1c(n2C)-c2ccccc2[CH]1[Zr+2][C]1=CC=CC1.[Cl-].[Cl-]. The zero-order valence-electron chi connectivity index (χ0n) is 14.8. The standard InChI is InChI=1S/C17H14N.C5H5.2ClH.Zr/c1-11-7-8-16-14(9-11)15-10-12-5-3-4-6-13(12)17(15)18(16)2;1-2-4-5-3-1;;;/h3-10H,1-2H3;1-3H,4H2;2*1H;/q;;;;+2/p-2. The van der Waals surface area contributed by atoms with Crippen LogP contribution >= 0.6 is 0 Å². The molecule has 2 aliphatic rings. The van der Waals surface area contributed by atoms with Gasteiger partial charge in [0.15, 0.2) is 0 Å². The van der Waals surface area contributed by atoms with Crippen LogP contribution in [0.4, 0.5) is 0 Å². The fraction of sp³-hybridized carbons (Fsp3) is 0.182. The molecule has 1 unspecified atom stereocenters. The van der Waals surface area contributed by atoms with Crippen molar-refractivity contribution < 1.29 is 48.0 Å². The Labute approximate surface area is 178 Å². The number of hydrogen-bond acceptors (Lipinski definition) is 0. The summed E-state index contributed by atoms with van der Waals surface area (Å²) in [6.45, 7) is 2.21. The second kappa shape index (κ2) is 7.51. The topological polar surface area (TPSA) is 4.93 Å². The molecule has 0 saturated carbocycles. The normalized spacial score (nSPS) is 16.4. The molecular weight excluding hydrogens is 440 g/mol. The predicted octanol–water partition coefficient (Wildman–Crippen LogP) is -0.509. The molecule has 1 aromatic heterocycles. The van der Waals surface area contributed by atoms with Gasteiger partial charge in [-0.25, -0.2) is 0 Å². The molecule has 1 atom stereocenters. The minimum Gasteiger partial charge on any atom is -1.00 e. The smallest absolute Gasteiger partial charge is 1.00 e. The van der Waals surface area contributed by atoms with Crippen LogP contribution < -0.4 is 24.8 Å². The number of aromatic nitrogens is 1. The zero-order valence-corrected chi connectivity index (χ0v) is 18.7. The summed E-state index contributed by atoms with van der Waals surface area (Å²) in [7, 11) is 2.23. The van der Waals surface area contributed by atoms with Crippen LogP contribution in [-0.2, 0) is 30.3 Å². The van der Waals surface area contributed by atoms with E-state index in [4.69, 9.17) is 0 Å². The van der Waals surface area contributed by atoms with Gasteiger partial charge >= 0.3 is 155 Å². The first-order valence-electron chi connectivity index (χ1n) is 8.54. The number of aryl methyl sites for hydroxylation is 2. The maximum Gasteiger partial charge on any atom is -1.00 e. The second-order valence-corrected chi connectivity index (χ2v) is 10.5. The maximum absolute atomic E-state index is 2.42. The van der Waals surface area contributed by atoms with Gasteiger partial charge in [-0.15, -0.1) is 0 Å². The molecule has 1 nitrogen and oxygen atoms in total. The van der Waals surface area contributed by atoms with Crippen LogP contribution in [0.2, 0.25) is 0 Å². The average Bonchev–Trinajstić information content (AvgIpc) is 3.27. The van der Waals surface area contributed by atoms with E-state index in [1.807, 2.05) is 0 Å². The number of nitrogens with zero attached hydrogens (tertiary/aromatic N) is 1. The van der Waals surface area contributed by atoms with E-state index in [9.17, 15) is 0 Å². The Hall–Kier alpha value is -1.08. The fourth-order valence-corrected chi connectivity index (χ4v) is 8.25. The van der Waals surface area contributed by atoms with Gasteiger partial charge in [0, 0.05) is 0 Å². The van der Waals surface area contributed by atoms with Crippen LogP contribution in [0.5, 0.6) is 0 Å². The molecule has 0 saturated heterocycles. The van der Waals surface area contributed by atoms with Crippen molar-refractivity contribution >= 4 is 10.9 Å². The van der Waals surface area contributed by atoms with Crippen LogP contribution in [0, 0.1) is 6.92 Å². The monoisotopic (exact) mass is 457 g/mol. The summed E-state index contributed by atoms with van der Waals surface area (Å²) >= 11 is -0.687. The summed E-state index contributed by atoms with van der Waals surface area (Å²) in [6.07, 6.45) is 8.11. The molecule has 26 heavy (non-hydrogen) atoms. The van der Waals surface area contributed by atoms with Gasteiger partial charge < -0.3 is 24.8 Å². The van der Waals surface area contributed by atoms with Crippen LogP contribution in [-0.4, -0.2) is 4.57 Å². The molecule has 2 aromatic carbocycles. The molecule has 4 heteroatoms. The van der Waals surface area contributed by atoms with Gasteiger partial charge in [-0.05, 0) is 0 Å². The molecule has 0 radical (unpaired) electrons. The van der Waals surface area contributed by atoms with Gasteiger partial charge in [0.25, 0.3) is 0 Å². The van der Waals surface area contributed by atoms with E-state index < -0.39 is 23.2 Å². The van der Waals surface area contributed by atoms with E-state index in [1.165, 1.54) is 34.1 Å². The number of rotatable bonds is 2.